The molecule has 0 saturated carbocycles. The number of primary amides is 1. The van der Waals surface area contributed by atoms with Crippen molar-refractivity contribution in [2.75, 3.05) is 6.54 Å². The van der Waals surface area contributed by atoms with Crippen LogP contribution in [0.1, 0.15) is 40.7 Å². The molecule has 1 atom stereocenters. The lowest BCUT2D eigenvalue weighted by atomic mass is 9.78. The van der Waals surface area contributed by atoms with Gasteiger partial charge in [0, 0.05) is 23.1 Å². The number of hydrogen-bond acceptors (Lipinski definition) is 5. The molecule has 2 amide bonds. The molecule has 177 valence electrons. The van der Waals surface area contributed by atoms with Crippen LogP contribution >= 0.6 is 15.9 Å². The Morgan fingerprint density at radius 1 is 1.18 bits per heavy atom. The van der Waals surface area contributed by atoms with Crippen molar-refractivity contribution < 1.29 is 32.8 Å². The molecule has 7 nitrogen and oxygen atoms in total. The van der Waals surface area contributed by atoms with Gasteiger partial charge in [-0.2, -0.15) is 13.2 Å². The number of amides is 2. The van der Waals surface area contributed by atoms with Crippen molar-refractivity contribution in [2.24, 2.45) is 11.5 Å². The first kappa shape index (κ1) is 26.8. The number of halogens is 4. The standard InChI is InChI=1S/C21H23BBrF3N3O4/c23-16-5-3-4-13(10-16)20(31)29(9-2-1-6-18(27)19(28)30)12-14-7-8-15(22(32)33)11-17(14)21(24,25)26/h4-5,7-8,10-11,18,32-33H,1-2,6,9,12,27H2,(H2,28,30)/t18-/m0/s1. The molecule has 0 unspecified atom stereocenters. The summed E-state index contributed by atoms with van der Waals surface area (Å²) in [7, 11) is -2.07. The first-order valence-electron chi connectivity index (χ1n) is 9.97. The summed E-state index contributed by atoms with van der Waals surface area (Å²) in [6.45, 7) is -0.275. The third kappa shape index (κ3) is 7.85. The van der Waals surface area contributed by atoms with Gasteiger partial charge in [-0.1, -0.05) is 28.1 Å². The summed E-state index contributed by atoms with van der Waals surface area (Å²) < 4.78 is 41.5. The zero-order valence-electron chi connectivity index (χ0n) is 17.5. The van der Waals surface area contributed by atoms with Crippen molar-refractivity contribution in [3.8, 4) is 0 Å². The van der Waals surface area contributed by atoms with Gasteiger partial charge in [-0.15, -0.1) is 0 Å². The number of benzene rings is 2. The molecule has 0 aliphatic rings. The third-order valence-corrected chi connectivity index (χ3v) is 5.40. The minimum atomic E-state index is -4.77. The van der Waals surface area contributed by atoms with E-state index in [9.17, 15) is 32.8 Å². The number of carbonyl (C=O) groups is 2. The number of nitrogens with two attached hydrogens (primary N) is 2. The van der Waals surface area contributed by atoms with E-state index in [0.29, 0.717) is 23.4 Å². The van der Waals surface area contributed by atoms with Crippen LogP contribution in [0.15, 0.2) is 40.9 Å². The summed E-state index contributed by atoms with van der Waals surface area (Å²) in [5.74, 6) is -1.17. The summed E-state index contributed by atoms with van der Waals surface area (Å²) in [5.41, 5.74) is 9.38. The Balaban J connectivity index is 2.31. The number of nitrogens with zero attached hydrogens (tertiary/aromatic N) is 1. The topological polar surface area (TPSA) is 130 Å². The number of unbranched alkanes of at least 4 members (excludes halogenated alkanes) is 1. The zero-order chi connectivity index (χ0) is 24.8. The second-order valence-corrected chi connectivity index (χ2v) is 8.37. The maximum absolute atomic E-state index is 13.7. The van der Waals surface area contributed by atoms with E-state index in [1.54, 1.807) is 6.07 Å². The highest BCUT2D eigenvalue weighted by Crippen LogP contribution is 2.32. The van der Waals surface area contributed by atoms with Crippen molar-refractivity contribution in [2.45, 2.75) is 38.0 Å². The third-order valence-electron chi connectivity index (χ3n) is 4.94. The van der Waals surface area contributed by atoms with E-state index in [0.717, 1.165) is 12.1 Å². The summed E-state index contributed by atoms with van der Waals surface area (Å²) in [5, 5.41) is 18.5. The Kier molecular flexibility index (Phi) is 9.47. The van der Waals surface area contributed by atoms with E-state index in [4.69, 9.17) is 11.5 Å². The molecule has 1 radical (unpaired) electrons. The first-order valence-corrected chi connectivity index (χ1v) is 10.8. The number of rotatable bonds is 10. The average molecular weight is 529 g/mol. The largest absolute Gasteiger partial charge is 0.488 e. The highest BCUT2D eigenvalue weighted by atomic mass is 79.9. The van der Waals surface area contributed by atoms with Gasteiger partial charge in [-0.25, -0.2) is 0 Å². The van der Waals surface area contributed by atoms with Crippen LogP contribution in [-0.4, -0.2) is 46.5 Å². The molecule has 0 spiro atoms. The predicted molar refractivity (Wildman–Crippen MR) is 120 cm³/mol. The number of hydrogen-bond donors (Lipinski definition) is 4. The molecular weight excluding hydrogens is 506 g/mol. The van der Waals surface area contributed by atoms with Gasteiger partial charge in [-0.05, 0) is 60.6 Å². The molecule has 0 fully saturated rings. The molecule has 0 aromatic heterocycles. The molecule has 33 heavy (non-hydrogen) atoms. The lowest BCUT2D eigenvalue weighted by Gasteiger charge is -2.25. The van der Waals surface area contributed by atoms with Gasteiger partial charge in [0.05, 0.1) is 11.6 Å². The Morgan fingerprint density at radius 2 is 1.88 bits per heavy atom. The van der Waals surface area contributed by atoms with Gasteiger partial charge in [0.1, 0.15) is 0 Å². The van der Waals surface area contributed by atoms with Crippen molar-refractivity contribution >= 4 is 40.3 Å². The predicted octanol–water partition coefficient (Wildman–Crippen LogP) is 1.57. The van der Waals surface area contributed by atoms with Crippen LogP contribution in [0.5, 0.6) is 0 Å². The van der Waals surface area contributed by atoms with Gasteiger partial charge in [0.2, 0.25) is 5.91 Å². The second-order valence-electron chi connectivity index (χ2n) is 7.46. The summed E-state index contributed by atoms with van der Waals surface area (Å²) in [4.78, 5) is 25.4. The molecule has 2 aromatic rings. The fraction of sp³-hybridized carbons (Fsp3) is 0.333. The maximum Gasteiger partial charge on any atom is 0.488 e. The van der Waals surface area contributed by atoms with Crippen LogP contribution in [0.4, 0.5) is 13.2 Å². The number of alkyl halides is 3. The monoisotopic (exact) mass is 528 g/mol. The van der Waals surface area contributed by atoms with E-state index in [1.165, 1.54) is 17.0 Å². The Bertz CT molecular complexity index is 991. The summed E-state index contributed by atoms with van der Waals surface area (Å²) >= 11 is 3.24. The maximum atomic E-state index is 13.7. The van der Waals surface area contributed by atoms with Crippen LogP contribution in [0.2, 0.25) is 0 Å². The Labute approximate surface area is 197 Å². The van der Waals surface area contributed by atoms with Gasteiger partial charge in [0.15, 0.2) is 0 Å². The quantitative estimate of drug-likeness (QED) is 0.275. The fourth-order valence-electron chi connectivity index (χ4n) is 3.17. The van der Waals surface area contributed by atoms with Crippen LogP contribution < -0.4 is 16.9 Å². The van der Waals surface area contributed by atoms with Gasteiger partial charge in [-0.3, -0.25) is 9.59 Å². The van der Waals surface area contributed by atoms with Crippen molar-refractivity contribution in [1.29, 1.82) is 0 Å². The van der Waals surface area contributed by atoms with Crippen LogP contribution in [0.3, 0.4) is 0 Å². The Hall–Kier alpha value is -2.41. The van der Waals surface area contributed by atoms with Crippen molar-refractivity contribution in [3.63, 3.8) is 0 Å². The average Bonchev–Trinajstić information content (AvgIpc) is 2.74. The molecular formula is C21H23BBrF3N3O4. The van der Waals surface area contributed by atoms with Gasteiger partial charge >= 0.3 is 13.3 Å². The minimum absolute atomic E-state index is 0.0957. The molecule has 2 aromatic carbocycles. The fourth-order valence-corrected chi connectivity index (χ4v) is 3.55. The molecule has 0 heterocycles. The SMILES string of the molecule is NC(=O)[C@@H](N)CCCCN(Cc1ccc(B(O)O)cc1C(F)(F)F)C(=O)c1c[c]cc(Br)c1. The molecule has 0 bridgehead atoms. The normalized spacial score (nSPS) is 12.3. The smallest absolute Gasteiger partial charge is 0.423 e. The van der Waals surface area contributed by atoms with Crippen LogP contribution in [-0.2, 0) is 17.5 Å². The van der Waals surface area contributed by atoms with Crippen molar-refractivity contribution in [1.82, 2.24) is 4.90 Å². The summed E-state index contributed by atoms with van der Waals surface area (Å²) in [6.07, 6.45) is -3.69. The zero-order valence-corrected chi connectivity index (χ0v) is 19.1. The van der Waals surface area contributed by atoms with E-state index >= 15 is 0 Å². The van der Waals surface area contributed by atoms with E-state index in [2.05, 4.69) is 22.0 Å². The molecule has 2 rings (SSSR count). The van der Waals surface area contributed by atoms with Gasteiger partial charge < -0.3 is 26.4 Å². The minimum Gasteiger partial charge on any atom is -0.423 e. The van der Waals surface area contributed by atoms with E-state index in [1.807, 2.05) is 0 Å². The van der Waals surface area contributed by atoms with E-state index < -0.39 is 36.7 Å². The lowest BCUT2D eigenvalue weighted by molar-refractivity contribution is -0.138. The Morgan fingerprint density at radius 3 is 2.45 bits per heavy atom. The van der Waals surface area contributed by atoms with E-state index in [-0.39, 0.29) is 36.1 Å². The molecule has 0 saturated heterocycles. The first-order chi connectivity index (χ1) is 15.4. The molecule has 0 aliphatic carbocycles. The molecule has 6 N–H and O–H groups in total. The van der Waals surface area contributed by atoms with Crippen LogP contribution in [0.25, 0.3) is 0 Å². The molecule has 0 aliphatic heterocycles. The van der Waals surface area contributed by atoms with Crippen LogP contribution in [0, 0.1) is 6.07 Å². The second kappa shape index (κ2) is 11.6. The lowest BCUT2D eigenvalue weighted by Crippen LogP contribution is -2.37. The summed E-state index contributed by atoms with van der Waals surface area (Å²) in [6, 6.07) is 9.43. The van der Waals surface area contributed by atoms with Crippen molar-refractivity contribution in [3.05, 3.63) is 63.6 Å². The molecule has 12 heteroatoms. The number of carbonyl (C=O) groups excluding carboxylic acids is 2. The highest BCUT2D eigenvalue weighted by Gasteiger charge is 2.35. The highest BCUT2D eigenvalue weighted by molar-refractivity contribution is 9.10. The van der Waals surface area contributed by atoms with Gasteiger partial charge in [0.25, 0.3) is 5.91 Å².